The van der Waals surface area contributed by atoms with E-state index in [4.69, 9.17) is 9.47 Å². The van der Waals surface area contributed by atoms with E-state index in [0.717, 1.165) is 29.3 Å². The molecule has 5 heteroatoms. The van der Waals surface area contributed by atoms with Gasteiger partial charge in [-0.25, -0.2) is 4.98 Å². The van der Waals surface area contributed by atoms with Crippen LogP contribution < -0.4 is 14.8 Å². The second-order valence-electron chi connectivity index (χ2n) is 4.14. The minimum Gasteiger partial charge on any atom is -0.490 e. The predicted molar refractivity (Wildman–Crippen MR) is 68.0 cm³/mol. The van der Waals surface area contributed by atoms with Crippen LogP contribution in [-0.2, 0) is 6.54 Å². The van der Waals surface area contributed by atoms with Crippen molar-refractivity contribution in [1.29, 1.82) is 0 Å². The molecule has 0 spiro atoms. The maximum Gasteiger partial charge on any atom is 0.163 e. The molecule has 0 saturated carbocycles. The van der Waals surface area contributed by atoms with Crippen molar-refractivity contribution in [2.24, 2.45) is 0 Å². The molecule has 3 rings (SSSR count). The molecule has 0 atom stereocenters. The Kier molecular flexibility index (Phi) is 3.04. The van der Waals surface area contributed by atoms with Crippen LogP contribution in [0.25, 0.3) is 0 Å². The molecule has 1 aliphatic heterocycles. The van der Waals surface area contributed by atoms with Crippen LogP contribution in [0.4, 0.5) is 5.69 Å². The van der Waals surface area contributed by atoms with Crippen LogP contribution in [0.2, 0.25) is 0 Å². The largest absolute Gasteiger partial charge is 0.490 e. The maximum absolute atomic E-state index is 5.64. The zero-order chi connectivity index (χ0) is 12.2. The van der Waals surface area contributed by atoms with E-state index in [0.29, 0.717) is 19.8 Å². The summed E-state index contributed by atoms with van der Waals surface area (Å²) in [6.45, 7) is 2.13. The van der Waals surface area contributed by atoms with E-state index in [2.05, 4.69) is 15.3 Å². The Morgan fingerprint density at radius 3 is 2.94 bits per heavy atom. The van der Waals surface area contributed by atoms with Crippen LogP contribution in [0.15, 0.2) is 30.7 Å². The first kappa shape index (κ1) is 11.0. The van der Waals surface area contributed by atoms with Gasteiger partial charge in [0.25, 0.3) is 0 Å². The summed E-state index contributed by atoms with van der Waals surface area (Å²) in [7, 11) is 0. The number of aromatic amines is 1. The molecule has 1 aromatic heterocycles. The van der Waals surface area contributed by atoms with Gasteiger partial charge in [-0.05, 0) is 12.1 Å². The zero-order valence-corrected chi connectivity index (χ0v) is 9.98. The number of H-pyrrole nitrogens is 1. The summed E-state index contributed by atoms with van der Waals surface area (Å²) >= 11 is 0. The van der Waals surface area contributed by atoms with E-state index in [9.17, 15) is 0 Å². The highest BCUT2D eigenvalue weighted by atomic mass is 16.5. The number of hydrogen-bond donors (Lipinski definition) is 2. The van der Waals surface area contributed by atoms with Crippen molar-refractivity contribution in [3.63, 3.8) is 0 Å². The quantitative estimate of drug-likeness (QED) is 0.870. The third-order valence-electron chi connectivity index (χ3n) is 2.79. The van der Waals surface area contributed by atoms with Crippen molar-refractivity contribution < 1.29 is 9.47 Å². The lowest BCUT2D eigenvalue weighted by molar-refractivity contribution is 0.297. The van der Waals surface area contributed by atoms with Gasteiger partial charge in [0, 0.05) is 24.4 Å². The van der Waals surface area contributed by atoms with Crippen LogP contribution in [-0.4, -0.2) is 23.2 Å². The Morgan fingerprint density at radius 2 is 2.11 bits per heavy atom. The normalized spacial score (nSPS) is 14.0. The Hall–Kier alpha value is -2.17. The van der Waals surface area contributed by atoms with Gasteiger partial charge >= 0.3 is 0 Å². The molecule has 2 heterocycles. The lowest BCUT2D eigenvalue weighted by Crippen LogP contribution is -2.00. The van der Waals surface area contributed by atoms with E-state index >= 15 is 0 Å². The fourth-order valence-corrected chi connectivity index (χ4v) is 1.85. The number of hydrogen-bond acceptors (Lipinski definition) is 4. The smallest absolute Gasteiger partial charge is 0.163 e. The SMILES string of the molecule is c1ncc(CNc2ccc3c(c2)OCCCO3)[nH]1. The number of fused-ring (bicyclic) bond motifs is 1. The fourth-order valence-electron chi connectivity index (χ4n) is 1.85. The number of anilines is 1. The molecule has 2 aromatic rings. The highest BCUT2D eigenvalue weighted by Gasteiger charge is 2.10. The molecule has 94 valence electrons. The fraction of sp³-hybridized carbons (Fsp3) is 0.308. The first-order valence-electron chi connectivity index (χ1n) is 6.02. The summed E-state index contributed by atoms with van der Waals surface area (Å²) in [6, 6.07) is 5.90. The van der Waals surface area contributed by atoms with E-state index < -0.39 is 0 Å². The van der Waals surface area contributed by atoms with Gasteiger partial charge in [-0.15, -0.1) is 0 Å². The van der Waals surface area contributed by atoms with Crippen molar-refractivity contribution in [1.82, 2.24) is 9.97 Å². The first-order valence-corrected chi connectivity index (χ1v) is 6.02. The monoisotopic (exact) mass is 245 g/mol. The van der Waals surface area contributed by atoms with Gasteiger partial charge in [-0.3, -0.25) is 0 Å². The standard InChI is InChI=1S/C13H15N3O2/c1-4-17-12-3-2-10(6-13(12)18-5-1)15-8-11-7-14-9-16-11/h2-3,6-7,9,15H,1,4-5,8H2,(H,14,16). The minimum absolute atomic E-state index is 0.705. The molecule has 5 nitrogen and oxygen atoms in total. The van der Waals surface area contributed by atoms with Crippen LogP contribution in [0.1, 0.15) is 12.1 Å². The van der Waals surface area contributed by atoms with E-state index in [1.165, 1.54) is 0 Å². The maximum atomic E-state index is 5.64. The van der Waals surface area contributed by atoms with Gasteiger partial charge < -0.3 is 19.8 Å². The second-order valence-corrected chi connectivity index (χ2v) is 4.14. The molecule has 0 bridgehead atoms. The van der Waals surface area contributed by atoms with Crippen molar-refractivity contribution in [3.8, 4) is 11.5 Å². The second kappa shape index (κ2) is 5.00. The zero-order valence-electron chi connectivity index (χ0n) is 9.98. The number of ether oxygens (including phenoxy) is 2. The summed E-state index contributed by atoms with van der Waals surface area (Å²) in [5, 5.41) is 3.31. The van der Waals surface area contributed by atoms with Gasteiger partial charge in [0.05, 0.1) is 31.8 Å². The number of nitrogens with zero attached hydrogens (tertiary/aromatic N) is 1. The summed E-state index contributed by atoms with van der Waals surface area (Å²) in [5.41, 5.74) is 2.05. The van der Waals surface area contributed by atoms with Gasteiger partial charge in [-0.1, -0.05) is 0 Å². The van der Waals surface area contributed by atoms with Crippen molar-refractivity contribution in [2.75, 3.05) is 18.5 Å². The Balaban J connectivity index is 1.71. The average molecular weight is 245 g/mol. The summed E-state index contributed by atoms with van der Waals surface area (Å²) < 4.78 is 11.2. The highest BCUT2D eigenvalue weighted by molar-refractivity contribution is 5.55. The number of nitrogens with one attached hydrogen (secondary N) is 2. The third kappa shape index (κ3) is 2.40. The summed E-state index contributed by atoms with van der Waals surface area (Å²) in [4.78, 5) is 7.03. The van der Waals surface area contributed by atoms with E-state index in [1.54, 1.807) is 12.5 Å². The highest BCUT2D eigenvalue weighted by Crippen LogP contribution is 2.32. The third-order valence-corrected chi connectivity index (χ3v) is 2.79. The van der Waals surface area contributed by atoms with Crippen LogP contribution in [0.5, 0.6) is 11.5 Å². The molecule has 1 aromatic carbocycles. The molecular weight excluding hydrogens is 230 g/mol. The number of benzene rings is 1. The molecular formula is C13H15N3O2. The molecule has 0 radical (unpaired) electrons. The molecule has 0 aliphatic carbocycles. The van der Waals surface area contributed by atoms with Crippen LogP contribution in [0, 0.1) is 0 Å². The molecule has 0 fully saturated rings. The Labute approximate surface area is 105 Å². The van der Waals surface area contributed by atoms with Crippen LogP contribution in [0.3, 0.4) is 0 Å². The first-order chi connectivity index (χ1) is 8.92. The minimum atomic E-state index is 0.705. The number of rotatable bonds is 3. The Bertz CT molecular complexity index is 511. The van der Waals surface area contributed by atoms with E-state index in [1.807, 2.05) is 18.2 Å². The summed E-state index contributed by atoms with van der Waals surface area (Å²) in [6.07, 6.45) is 4.40. The number of imidazole rings is 1. The molecule has 2 N–H and O–H groups in total. The van der Waals surface area contributed by atoms with Gasteiger partial charge in [-0.2, -0.15) is 0 Å². The van der Waals surface area contributed by atoms with Crippen molar-refractivity contribution in [2.45, 2.75) is 13.0 Å². The van der Waals surface area contributed by atoms with Crippen LogP contribution >= 0.6 is 0 Å². The number of aromatic nitrogens is 2. The van der Waals surface area contributed by atoms with Gasteiger partial charge in [0.2, 0.25) is 0 Å². The molecule has 0 unspecified atom stereocenters. The van der Waals surface area contributed by atoms with Gasteiger partial charge in [0.15, 0.2) is 11.5 Å². The lowest BCUT2D eigenvalue weighted by Gasteiger charge is -2.10. The molecule has 0 saturated heterocycles. The Morgan fingerprint density at radius 1 is 1.22 bits per heavy atom. The van der Waals surface area contributed by atoms with Crippen molar-refractivity contribution >= 4 is 5.69 Å². The van der Waals surface area contributed by atoms with E-state index in [-0.39, 0.29) is 0 Å². The topological polar surface area (TPSA) is 59.2 Å². The molecule has 1 aliphatic rings. The average Bonchev–Trinajstić information content (AvgIpc) is 2.80. The van der Waals surface area contributed by atoms with Crippen molar-refractivity contribution in [3.05, 3.63) is 36.4 Å². The molecule has 18 heavy (non-hydrogen) atoms. The van der Waals surface area contributed by atoms with Gasteiger partial charge in [0.1, 0.15) is 0 Å². The molecule has 0 amide bonds. The predicted octanol–water partition coefficient (Wildman–Crippen LogP) is 2.18. The summed E-state index contributed by atoms with van der Waals surface area (Å²) in [5.74, 6) is 1.63. The lowest BCUT2D eigenvalue weighted by atomic mass is 10.2.